The topological polar surface area (TPSA) is 83.8 Å². The lowest BCUT2D eigenvalue weighted by atomic mass is 9.86. The van der Waals surface area contributed by atoms with Gasteiger partial charge in [-0.1, -0.05) is 45.0 Å². The van der Waals surface area contributed by atoms with E-state index in [2.05, 4.69) is 35.8 Å². The lowest BCUT2D eigenvalue weighted by Gasteiger charge is -2.22. The van der Waals surface area contributed by atoms with Crippen LogP contribution >= 0.6 is 0 Å². The van der Waals surface area contributed by atoms with E-state index < -0.39 is 24.2 Å². The Morgan fingerprint density at radius 2 is 1.83 bits per heavy atom. The van der Waals surface area contributed by atoms with Gasteiger partial charge in [0.25, 0.3) is 11.6 Å². The monoisotopic (exact) mass is 420 g/mol. The summed E-state index contributed by atoms with van der Waals surface area (Å²) >= 11 is 0. The first-order valence-corrected chi connectivity index (χ1v) is 9.81. The van der Waals surface area contributed by atoms with Crippen LogP contribution < -0.4 is 5.56 Å². The second kappa shape index (κ2) is 6.85. The fraction of sp³-hybridized carbons (Fsp3) is 0.476. The number of hydrogen-bond acceptors (Lipinski definition) is 4. The van der Waals surface area contributed by atoms with Gasteiger partial charge in [0.1, 0.15) is 5.39 Å². The Hall–Kier alpha value is -2.84. The third kappa shape index (κ3) is 3.93. The number of aromatic amines is 1. The molecule has 1 aromatic carbocycles. The molecule has 0 spiro atoms. The molecular weight excluding hydrogens is 397 g/mol. The molecule has 6 nitrogen and oxygen atoms in total. The fourth-order valence-corrected chi connectivity index (χ4v) is 3.82. The minimum atomic E-state index is -4.53. The van der Waals surface area contributed by atoms with Gasteiger partial charge in [-0.15, -0.1) is 0 Å². The summed E-state index contributed by atoms with van der Waals surface area (Å²) in [5, 5.41) is 13.7. The highest BCUT2D eigenvalue weighted by atomic mass is 19.4. The molecule has 4 rings (SSSR count). The minimum absolute atomic E-state index is 0.0349. The number of hydrogen-bond donors (Lipinski definition) is 2. The molecule has 160 valence electrons. The second-order valence-corrected chi connectivity index (χ2v) is 8.93. The lowest BCUT2D eigenvalue weighted by molar-refractivity contribution is -0.127. The van der Waals surface area contributed by atoms with Gasteiger partial charge in [0, 0.05) is 0 Å². The number of aromatic hydroxyl groups is 1. The summed E-state index contributed by atoms with van der Waals surface area (Å²) in [6, 6.07) is 6.90. The zero-order valence-electron chi connectivity index (χ0n) is 16.9. The van der Waals surface area contributed by atoms with E-state index in [0.29, 0.717) is 0 Å². The summed E-state index contributed by atoms with van der Waals surface area (Å²) < 4.78 is 40.7. The number of aromatic nitrogens is 4. The number of rotatable bonds is 4. The van der Waals surface area contributed by atoms with Crippen LogP contribution in [0, 0.1) is 5.92 Å². The normalized spacial score (nSPS) is 16.2. The van der Waals surface area contributed by atoms with Crippen molar-refractivity contribution in [1.29, 1.82) is 0 Å². The van der Waals surface area contributed by atoms with E-state index in [9.17, 15) is 23.1 Å². The first kappa shape index (κ1) is 20.4. The lowest BCUT2D eigenvalue weighted by Crippen LogP contribution is -2.17. The van der Waals surface area contributed by atoms with Crippen LogP contribution in [0.15, 0.2) is 29.1 Å². The van der Waals surface area contributed by atoms with Gasteiger partial charge in [0.2, 0.25) is 0 Å². The molecule has 1 aliphatic rings. The molecule has 9 heteroatoms. The van der Waals surface area contributed by atoms with Crippen molar-refractivity contribution in [2.24, 2.45) is 5.92 Å². The van der Waals surface area contributed by atoms with Crippen molar-refractivity contribution >= 4 is 11.0 Å². The Morgan fingerprint density at radius 1 is 1.20 bits per heavy atom. The van der Waals surface area contributed by atoms with Gasteiger partial charge < -0.3 is 5.11 Å². The molecule has 0 amide bonds. The molecule has 1 atom stereocenters. The Labute approximate surface area is 170 Å². The summed E-state index contributed by atoms with van der Waals surface area (Å²) in [4.78, 5) is 18.3. The number of halogens is 3. The highest BCUT2D eigenvalue weighted by molar-refractivity contribution is 5.78. The quantitative estimate of drug-likeness (QED) is 0.662. The molecule has 0 bridgehead atoms. The largest absolute Gasteiger partial charge is 0.480 e. The molecule has 1 aliphatic carbocycles. The Balaban J connectivity index is 1.88. The Bertz CT molecular complexity index is 1140. The van der Waals surface area contributed by atoms with Crippen LogP contribution in [-0.4, -0.2) is 31.0 Å². The van der Waals surface area contributed by atoms with Gasteiger partial charge in [-0.25, -0.2) is 4.68 Å². The molecule has 3 aromatic rings. The van der Waals surface area contributed by atoms with Gasteiger partial charge in [0.15, 0.2) is 5.65 Å². The van der Waals surface area contributed by atoms with Crippen LogP contribution in [0.1, 0.15) is 56.5 Å². The molecule has 0 saturated heterocycles. The summed E-state index contributed by atoms with van der Waals surface area (Å²) in [7, 11) is 0. The predicted molar refractivity (Wildman–Crippen MR) is 106 cm³/mol. The summed E-state index contributed by atoms with van der Waals surface area (Å²) in [6.07, 6.45) is -4.07. The van der Waals surface area contributed by atoms with E-state index in [-0.39, 0.29) is 34.1 Å². The molecule has 30 heavy (non-hydrogen) atoms. The van der Waals surface area contributed by atoms with E-state index >= 15 is 0 Å². The van der Waals surface area contributed by atoms with E-state index in [1.807, 2.05) is 24.3 Å². The molecule has 2 N–H and O–H groups in total. The van der Waals surface area contributed by atoms with Gasteiger partial charge in [-0.05, 0) is 35.3 Å². The highest BCUT2D eigenvalue weighted by Crippen LogP contribution is 2.44. The molecule has 1 unspecified atom stereocenters. The first-order valence-electron chi connectivity index (χ1n) is 9.81. The highest BCUT2D eigenvalue weighted by Gasteiger charge is 2.38. The molecule has 2 heterocycles. The fourth-order valence-electron chi connectivity index (χ4n) is 3.82. The maximum Gasteiger partial charge on any atom is 0.394 e. The standard InChI is InChI=1S/C21H23F3N4O2/c1-20(2,3)13-8-6-12(7-9-13)16(11-4-5-11)28-17-15(18(29)26-19(30)25-17)14(27-28)10-21(22,23)24/h6-9,11,16H,4-5,10H2,1-3H3,(H2,25,26,29,30). The van der Waals surface area contributed by atoms with E-state index in [1.165, 1.54) is 4.68 Å². The number of nitrogens with zero attached hydrogens (tertiary/aromatic N) is 3. The zero-order chi connectivity index (χ0) is 21.8. The molecule has 1 fully saturated rings. The van der Waals surface area contributed by atoms with E-state index in [4.69, 9.17) is 0 Å². The third-order valence-electron chi connectivity index (χ3n) is 5.44. The van der Waals surface area contributed by atoms with Gasteiger partial charge in [0.05, 0.1) is 18.2 Å². The summed E-state index contributed by atoms with van der Waals surface area (Å²) in [5.74, 6) is 0.176. The Kier molecular flexibility index (Phi) is 4.67. The van der Waals surface area contributed by atoms with Crippen LogP contribution in [0.4, 0.5) is 13.2 Å². The molecule has 1 saturated carbocycles. The van der Waals surface area contributed by atoms with Crippen molar-refractivity contribution in [3.05, 3.63) is 51.4 Å². The number of fused-ring (bicyclic) bond motifs is 1. The zero-order valence-corrected chi connectivity index (χ0v) is 16.9. The van der Waals surface area contributed by atoms with E-state index in [0.717, 1.165) is 24.0 Å². The molecule has 0 radical (unpaired) electrons. The van der Waals surface area contributed by atoms with Gasteiger partial charge in [-0.3, -0.25) is 9.78 Å². The van der Waals surface area contributed by atoms with Crippen molar-refractivity contribution in [2.75, 3.05) is 0 Å². The van der Waals surface area contributed by atoms with Crippen molar-refractivity contribution in [2.45, 2.75) is 57.7 Å². The number of nitrogens with one attached hydrogen (secondary N) is 1. The van der Waals surface area contributed by atoms with Crippen molar-refractivity contribution in [3.8, 4) is 6.01 Å². The average Bonchev–Trinajstić information content (AvgIpc) is 3.37. The van der Waals surface area contributed by atoms with Crippen molar-refractivity contribution in [1.82, 2.24) is 19.7 Å². The predicted octanol–water partition coefficient (Wildman–Crippen LogP) is 4.23. The Morgan fingerprint density at radius 3 is 2.37 bits per heavy atom. The molecular formula is C21H23F3N4O2. The summed E-state index contributed by atoms with van der Waals surface area (Å²) in [5.41, 5.74) is 0.731. The maximum absolute atomic E-state index is 13.1. The maximum atomic E-state index is 13.1. The van der Waals surface area contributed by atoms with Crippen LogP contribution in [-0.2, 0) is 11.8 Å². The third-order valence-corrected chi connectivity index (χ3v) is 5.44. The van der Waals surface area contributed by atoms with Crippen molar-refractivity contribution in [3.63, 3.8) is 0 Å². The number of H-pyrrole nitrogens is 1. The van der Waals surface area contributed by atoms with Gasteiger partial charge in [-0.2, -0.15) is 23.3 Å². The van der Waals surface area contributed by atoms with Crippen LogP contribution in [0.5, 0.6) is 6.01 Å². The van der Waals surface area contributed by atoms with Gasteiger partial charge >= 0.3 is 6.18 Å². The second-order valence-electron chi connectivity index (χ2n) is 8.93. The van der Waals surface area contributed by atoms with Crippen molar-refractivity contribution < 1.29 is 18.3 Å². The van der Waals surface area contributed by atoms with Crippen LogP contribution in [0.3, 0.4) is 0 Å². The SMILES string of the molecule is CC(C)(C)c1ccc(C(C2CC2)n2nc(CC(F)(F)F)c3c(=O)[nH]c(O)nc32)cc1. The number of alkyl halides is 3. The molecule has 0 aliphatic heterocycles. The van der Waals surface area contributed by atoms with Crippen LogP contribution in [0.2, 0.25) is 0 Å². The smallest absolute Gasteiger partial charge is 0.394 e. The minimum Gasteiger partial charge on any atom is -0.480 e. The average molecular weight is 420 g/mol. The summed E-state index contributed by atoms with van der Waals surface area (Å²) in [6.45, 7) is 6.30. The number of benzene rings is 1. The van der Waals surface area contributed by atoms with E-state index in [1.54, 1.807) is 0 Å². The first-order chi connectivity index (χ1) is 13.9. The molecule has 2 aromatic heterocycles. The van der Waals surface area contributed by atoms with Crippen LogP contribution in [0.25, 0.3) is 11.0 Å².